The Morgan fingerprint density at radius 3 is 2.31 bits per heavy atom. The lowest BCUT2D eigenvalue weighted by Crippen LogP contribution is -2.47. The minimum absolute atomic E-state index is 0.170. The van der Waals surface area contributed by atoms with Gasteiger partial charge in [-0.05, 0) is 24.3 Å². The number of rotatable bonds is 2. The summed E-state index contributed by atoms with van der Waals surface area (Å²) in [5, 5.41) is 0. The molecule has 1 heterocycles. The molecule has 0 spiro atoms. The number of aromatic nitrogens is 1. The Morgan fingerprint density at radius 2 is 1.69 bits per heavy atom. The molecule has 1 aromatic heterocycles. The Hall–Kier alpha value is -2.36. The number of hydrogen-bond donors (Lipinski definition) is 2. The third-order valence-corrected chi connectivity index (χ3v) is 2.12. The molecule has 2 rings (SSSR count). The Kier molecular flexibility index (Phi) is 2.82. The predicted octanol–water partition coefficient (Wildman–Crippen LogP) is 0.940. The Labute approximate surface area is 93.3 Å². The van der Waals surface area contributed by atoms with Gasteiger partial charge in [-0.1, -0.05) is 10.7 Å². The first-order valence-corrected chi connectivity index (χ1v) is 4.89. The van der Waals surface area contributed by atoms with E-state index in [9.17, 15) is 4.79 Å². The first-order valence-electron chi connectivity index (χ1n) is 4.89. The van der Waals surface area contributed by atoms with E-state index in [0.29, 0.717) is 11.3 Å². The maximum absolute atomic E-state index is 11.8. The lowest BCUT2D eigenvalue weighted by atomic mass is 10.2. The average Bonchev–Trinajstić information content (AvgIpc) is 2.31. The summed E-state index contributed by atoms with van der Waals surface area (Å²) in [7, 11) is 0. The van der Waals surface area contributed by atoms with Crippen molar-refractivity contribution in [2.75, 3.05) is 11.2 Å². The molecule has 0 unspecified atom stereocenters. The van der Waals surface area contributed by atoms with E-state index in [-0.39, 0.29) is 5.91 Å². The number of hydrogen-bond acceptors (Lipinski definition) is 2. The molecule has 1 aromatic carbocycles. The highest BCUT2D eigenvalue weighted by molar-refractivity contribution is 5.98. The zero-order valence-electron chi connectivity index (χ0n) is 8.63. The van der Waals surface area contributed by atoms with Gasteiger partial charge in [0.2, 0.25) is 0 Å². The zero-order chi connectivity index (χ0) is 11.4. The molecule has 0 saturated heterocycles. The van der Waals surface area contributed by atoms with E-state index in [4.69, 9.17) is 5.73 Å². The number of nitrogens with zero attached hydrogens (tertiary/aromatic N) is 1. The van der Waals surface area contributed by atoms with Crippen molar-refractivity contribution in [1.82, 2.24) is 0 Å². The highest BCUT2D eigenvalue weighted by Crippen LogP contribution is 2.04. The maximum Gasteiger partial charge on any atom is 0.305 e. The van der Waals surface area contributed by atoms with Gasteiger partial charge >= 0.3 is 5.91 Å². The van der Waals surface area contributed by atoms with Gasteiger partial charge in [0.1, 0.15) is 0 Å². The normalized spacial score (nSPS) is 9.75. The fraction of sp³-hybridized carbons (Fsp3) is 0. The van der Waals surface area contributed by atoms with Crippen LogP contribution in [0.4, 0.5) is 5.69 Å². The van der Waals surface area contributed by atoms with Gasteiger partial charge in [0, 0.05) is 23.4 Å². The Balaban J connectivity index is 2.12. The summed E-state index contributed by atoms with van der Waals surface area (Å²) in [5.74, 6) is -0.170. The summed E-state index contributed by atoms with van der Waals surface area (Å²) in [6, 6.07) is 12.3. The lowest BCUT2D eigenvalue weighted by molar-refractivity contribution is -0.641. The summed E-state index contributed by atoms with van der Waals surface area (Å²) < 4.78 is 1.60. The number of nitrogens with two attached hydrogens (primary N) is 1. The summed E-state index contributed by atoms with van der Waals surface area (Å²) >= 11 is 0. The van der Waals surface area contributed by atoms with Crippen LogP contribution < -0.4 is 15.8 Å². The molecule has 0 radical (unpaired) electrons. The zero-order valence-corrected chi connectivity index (χ0v) is 8.63. The Morgan fingerprint density at radius 1 is 1.06 bits per heavy atom. The van der Waals surface area contributed by atoms with Crippen molar-refractivity contribution in [2.24, 2.45) is 0 Å². The number of nitrogens with one attached hydrogen (secondary N) is 1. The third-order valence-electron chi connectivity index (χ3n) is 2.12. The second-order valence-electron chi connectivity index (χ2n) is 3.35. The molecule has 2 aromatic rings. The number of pyridine rings is 1. The molecule has 16 heavy (non-hydrogen) atoms. The monoisotopic (exact) mass is 214 g/mol. The number of benzene rings is 1. The van der Waals surface area contributed by atoms with E-state index in [0.717, 1.165) is 0 Å². The summed E-state index contributed by atoms with van der Waals surface area (Å²) in [6.07, 6.45) is 3.52. The van der Waals surface area contributed by atoms with Crippen LogP contribution in [-0.4, -0.2) is 5.91 Å². The van der Waals surface area contributed by atoms with Crippen LogP contribution >= 0.6 is 0 Å². The second-order valence-corrected chi connectivity index (χ2v) is 3.35. The first-order chi connectivity index (χ1) is 7.75. The Bertz CT molecular complexity index is 479. The highest BCUT2D eigenvalue weighted by Gasteiger charge is 2.08. The largest absolute Gasteiger partial charge is 0.399 e. The van der Waals surface area contributed by atoms with Crippen molar-refractivity contribution in [2.45, 2.75) is 0 Å². The SMILES string of the molecule is Nc1ccc(C(=O)N[n+]2ccccc2)cc1. The molecule has 0 saturated carbocycles. The van der Waals surface area contributed by atoms with Gasteiger partial charge in [-0.3, -0.25) is 4.79 Å². The lowest BCUT2D eigenvalue weighted by Gasteiger charge is -1.99. The van der Waals surface area contributed by atoms with E-state index in [2.05, 4.69) is 5.43 Å². The van der Waals surface area contributed by atoms with E-state index >= 15 is 0 Å². The van der Waals surface area contributed by atoms with Crippen molar-refractivity contribution in [3.63, 3.8) is 0 Å². The fourth-order valence-electron chi connectivity index (χ4n) is 1.29. The van der Waals surface area contributed by atoms with E-state index in [1.807, 2.05) is 18.2 Å². The van der Waals surface area contributed by atoms with Gasteiger partial charge in [0.05, 0.1) is 0 Å². The van der Waals surface area contributed by atoms with Crippen molar-refractivity contribution >= 4 is 11.6 Å². The van der Waals surface area contributed by atoms with Crippen LogP contribution in [0.3, 0.4) is 0 Å². The van der Waals surface area contributed by atoms with Crippen LogP contribution in [0, 0.1) is 0 Å². The van der Waals surface area contributed by atoms with Crippen molar-refractivity contribution < 1.29 is 9.47 Å². The smallest absolute Gasteiger partial charge is 0.305 e. The fourth-order valence-corrected chi connectivity index (χ4v) is 1.29. The molecular formula is C12H12N3O+. The first kappa shape index (κ1) is 10.2. The van der Waals surface area contributed by atoms with E-state index < -0.39 is 0 Å². The third kappa shape index (κ3) is 2.36. The molecule has 0 aliphatic rings. The summed E-state index contributed by atoms with van der Waals surface area (Å²) in [6.45, 7) is 0. The van der Waals surface area contributed by atoms with Gasteiger partial charge in [-0.15, -0.1) is 5.43 Å². The molecular weight excluding hydrogens is 202 g/mol. The van der Waals surface area contributed by atoms with Crippen LogP contribution in [0.25, 0.3) is 0 Å². The number of carbonyl (C=O) groups is 1. The van der Waals surface area contributed by atoms with Crippen molar-refractivity contribution in [3.05, 3.63) is 60.4 Å². The quantitative estimate of drug-likeness (QED) is 0.577. The molecule has 3 N–H and O–H groups in total. The number of anilines is 1. The van der Waals surface area contributed by atoms with Crippen LogP contribution in [0.5, 0.6) is 0 Å². The van der Waals surface area contributed by atoms with Crippen molar-refractivity contribution in [1.29, 1.82) is 0 Å². The molecule has 0 aliphatic heterocycles. The molecule has 0 aliphatic carbocycles. The standard InChI is InChI=1S/C12H11N3O/c13-11-6-4-10(5-7-11)12(16)14-15-8-2-1-3-9-15/h1-9H,(H2-,13,14,16)/p+1. The van der Waals surface area contributed by atoms with E-state index in [1.54, 1.807) is 41.3 Å². The van der Waals surface area contributed by atoms with Crippen LogP contribution in [0.2, 0.25) is 0 Å². The topological polar surface area (TPSA) is 59.0 Å². The van der Waals surface area contributed by atoms with Gasteiger partial charge in [-0.2, -0.15) is 0 Å². The predicted molar refractivity (Wildman–Crippen MR) is 61.2 cm³/mol. The molecule has 4 nitrogen and oxygen atoms in total. The molecule has 0 bridgehead atoms. The van der Waals surface area contributed by atoms with Gasteiger partial charge in [0.25, 0.3) is 0 Å². The molecule has 0 fully saturated rings. The highest BCUT2D eigenvalue weighted by atomic mass is 16.2. The molecule has 1 amide bonds. The van der Waals surface area contributed by atoms with Crippen molar-refractivity contribution in [3.8, 4) is 0 Å². The van der Waals surface area contributed by atoms with Crippen LogP contribution in [-0.2, 0) is 0 Å². The minimum atomic E-state index is -0.170. The van der Waals surface area contributed by atoms with Crippen LogP contribution in [0.1, 0.15) is 10.4 Å². The molecule has 0 atom stereocenters. The minimum Gasteiger partial charge on any atom is -0.399 e. The maximum atomic E-state index is 11.8. The number of amides is 1. The summed E-state index contributed by atoms with van der Waals surface area (Å²) in [4.78, 5) is 11.8. The number of carbonyl (C=O) groups excluding carboxylic acids is 1. The van der Waals surface area contributed by atoms with Gasteiger partial charge in [-0.25, -0.2) is 0 Å². The molecule has 80 valence electrons. The summed E-state index contributed by atoms with van der Waals surface area (Å²) in [5.41, 5.74) is 9.47. The average molecular weight is 214 g/mol. The number of nitrogen functional groups attached to an aromatic ring is 1. The van der Waals surface area contributed by atoms with Gasteiger partial charge in [0.15, 0.2) is 12.4 Å². The van der Waals surface area contributed by atoms with Gasteiger partial charge < -0.3 is 5.73 Å². The van der Waals surface area contributed by atoms with Crippen LogP contribution in [0.15, 0.2) is 54.9 Å². The van der Waals surface area contributed by atoms with E-state index in [1.165, 1.54) is 0 Å². The molecule has 4 heteroatoms. The second kappa shape index (κ2) is 4.44.